The normalized spacial score (nSPS) is 11.3. The number of nitrogens with one attached hydrogen (secondary N) is 1. The zero-order chi connectivity index (χ0) is 5.70. The summed E-state index contributed by atoms with van der Waals surface area (Å²) in [5, 5.41) is 19.7. The monoisotopic (exact) mass is 105 g/mol. The van der Waals surface area contributed by atoms with Gasteiger partial charge in [-0.25, -0.2) is 0 Å². The van der Waals surface area contributed by atoms with Gasteiger partial charge in [-0.15, -0.1) is 0 Å². The molecule has 0 aliphatic rings. The molecule has 0 atom stereocenters. The Morgan fingerprint density at radius 3 is 2.71 bits per heavy atom. The largest absolute Gasteiger partial charge is 0.569 e. The number of nitrogens with zero attached hydrogens (tertiary/aromatic N) is 2. The standard InChI is InChI=1S/C2H7N3O2/c1-2-3-5(7)4-6/h6H,2H2,1H3,(H,3,4). The van der Waals surface area contributed by atoms with Crippen LogP contribution >= 0.6 is 0 Å². The van der Waals surface area contributed by atoms with Crippen molar-refractivity contribution in [2.24, 2.45) is 5.28 Å². The molecular formula is C2H7N3O2. The molecule has 0 aliphatic heterocycles. The van der Waals surface area contributed by atoms with Gasteiger partial charge in [0.05, 0.1) is 11.5 Å². The zero-order valence-corrected chi connectivity index (χ0v) is 3.96. The van der Waals surface area contributed by atoms with Gasteiger partial charge in [0.1, 0.15) is 0 Å². The fraction of sp³-hybridized carbons (Fsp3) is 1.00. The topological polar surface area (TPSA) is 70.7 Å². The van der Waals surface area contributed by atoms with E-state index in [1.165, 1.54) is 0 Å². The highest BCUT2D eigenvalue weighted by atomic mass is 16.6. The van der Waals surface area contributed by atoms with Gasteiger partial charge in [-0.05, 0) is 6.92 Å². The molecule has 0 aromatic heterocycles. The third kappa shape index (κ3) is 2.81. The Morgan fingerprint density at radius 2 is 2.57 bits per heavy atom. The molecule has 0 aliphatic carbocycles. The molecule has 0 unspecified atom stereocenters. The maximum Gasteiger partial charge on any atom is 0.230 e. The van der Waals surface area contributed by atoms with Gasteiger partial charge in [0.25, 0.3) is 0 Å². The van der Waals surface area contributed by atoms with Crippen LogP contribution in [0.4, 0.5) is 0 Å². The van der Waals surface area contributed by atoms with Gasteiger partial charge in [0.15, 0.2) is 0 Å². The van der Waals surface area contributed by atoms with Crippen molar-refractivity contribution in [2.45, 2.75) is 6.92 Å². The molecule has 2 N–H and O–H groups in total. The van der Waals surface area contributed by atoms with Crippen LogP contribution in [0, 0.1) is 5.21 Å². The molecule has 0 heterocycles. The molecule has 0 aromatic rings. The van der Waals surface area contributed by atoms with Crippen LogP contribution in [0.3, 0.4) is 0 Å². The van der Waals surface area contributed by atoms with Crippen molar-refractivity contribution in [2.75, 3.05) is 6.54 Å². The first kappa shape index (κ1) is 6.00. The van der Waals surface area contributed by atoms with E-state index in [1.807, 2.05) is 0 Å². The van der Waals surface area contributed by atoms with E-state index >= 15 is 0 Å². The van der Waals surface area contributed by atoms with E-state index < -0.39 is 0 Å². The van der Waals surface area contributed by atoms with E-state index in [2.05, 4.69) is 10.7 Å². The van der Waals surface area contributed by atoms with Crippen LogP contribution in [0.15, 0.2) is 5.28 Å². The predicted molar refractivity (Wildman–Crippen MR) is 21.5 cm³/mol. The molecule has 0 spiro atoms. The lowest BCUT2D eigenvalue weighted by Gasteiger charge is -1.92. The maximum absolute atomic E-state index is 9.80. The van der Waals surface area contributed by atoms with E-state index in [0.29, 0.717) is 6.54 Å². The highest BCUT2D eigenvalue weighted by Crippen LogP contribution is 1.59. The van der Waals surface area contributed by atoms with Crippen LogP contribution in [0.25, 0.3) is 0 Å². The summed E-state index contributed by atoms with van der Waals surface area (Å²) in [7, 11) is 0. The first-order valence-electron chi connectivity index (χ1n) is 1.87. The second-order valence-electron chi connectivity index (χ2n) is 0.874. The molecular weight excluding hydrogens is 98.0 g/mol. The van der Waals surface area contributed by atoms with Crippen molar-refractivity contribution in [1.82, 2.24) is 5.43 Å². The fourth-order valence-electron chi connectivity index (χ4n) is 0.167. The molecule has 0 saturated heterocycles. The number of rotatable bonds is 2. The molecule has 5 heteroatoms. The summed E-state index contributed by atoms with van der Waals surface area (Å²) in [6.45, 7) is 2.17. The summed E-state index contributed by atoms with van der Waals surface area (Å²) in [6, 6.07) is 0. The second kappa shape index (κ2) is 3.20. The summed E-state index contributed by atoms with van der Waals surface area (Å²) in [4.78, 5) is -0.0139. The van der Waals surface area contributed by atoms with Crippen molar-refractivity contribution in [3.8, 4) is 0 Å². The third-order valence-corrected chi connectivity index (χ3v) is 0.375. The lowest BCUT2D eigenvalue weighted by molar-refractivity contribution is -0.611. The minimum absolute atomic E-state index is 0.0139. The number of hydrogen-bond acceptors (Lipinski definition) is 2. The van der Waals surface area contributed by atoms with Gasteiger partial charge in [0.2, 0.25) is 5.28 Å². The van der Waals surface area contributed by atoms with Gasteiger partial charge in [-0.1, -0.05) is 0 Å². The summed E-state index contributed by atoms with van der Waals surface area (Å²) in [5.41, 5.74) is 2.16. The molecule has 42 valence electrons. The van der Waals surface area contributed by atoms with Crippen molar-refractivity contribution >= 4 is 0 Å². The first-order chi connectivity index (χ1) is 3.31. The van der Waals surface area contributed by atoms with Gasteiger partial charge < -0.3 is 10.4 Å². The summed E-state index contributed by atoms with van der Waals surface area (Å²) >= 11 is 0. The van der Waals surface area contributed by atoms with Crippen LogP contribution in [-0.4, -0.2) is 16.7 Å². The SMILES string of the molecule is CCN/[N+]([O-])=N/O. The fourth-order valence-corrected chi connectivity index (χ4v) is 0.167. The molecule has 0 bridgehead atoms. The van der Waals surface area contributed by atoms with Crippen molar-refractivity contribution in [3.05, 3.63) is 5.21 Å². The molecule has 0 radical (unpaired) electrons. The molecule has 0 rings (SSSR count). The minimum atomic E-state index is -0.0139. The Labute approximate surface area is 40.8 Å². The van der Waals surface area contributed by atoms with Crippen molar-refractivity contribution in [3.63, 3.8) is 0 Å². The number of hydrazine groups is 1. The van der Waals surface area contributed by atoms with E-state index in [4.69, 9.17) is 5.21 Å². The molecule has 0 aromatic carbocycles. The van der Waals surface area contributed by atoms with Crippen LogP contribution in [-0.2, 0) is 0 Å². The van der Waals surface area contributed by atoms with Gasteiger partial charge in [-0.2, -0.15) is 5.43 Å². The first-order valence-corrected chi connectivity index (χ1v) is 1.87. The Bertz CT molecular complexity index is 71.3. The van der Waals surface area contributed by atoms with Crippen LogP contribution < -0.4 is 5.43 Å². The average molecular weight is 105 g/mol. The van der Waals surface area contributed by atoms with Gasteiger partial charge >= 0.3 is 0 Å². The lowest BCUT2D eigenvalue weighted by atomic mass is 10.8. The van der Waals surface area contributed by atoms with E-state index in [-0.39, 0.29) is 4.97 Å². The third-order valence-electron chi connectivity index (χ3n) is 0.375. The smallest absolute Gasteiger partial charge is 0.230 e. The van der Waals surface area contributed by atoms with E-state index in [0.717, 1.165) is 0 Å². The lowest BCUT2D eigenvalue weighted by Crippen LogP contribution is -2.21. The molecule has 5 nitrogen and oxygen atoms in total. The Balaban J connectivity index is 3.17. The summed E-state index contributed by atoms with van der Waals surface area (Å²) in [6.07, 6.45) is 0. The van der Waals surface area contributed by atoms with Crippen molar-refractivity contribution in [1.29, 1.82) is 0 Å². The average Bonchev–Trinajstić information content (AvgIpc) is 1.68. The van der Waals surface area contributed by atoms with E-state index in [1.54, 1.807) is 6.92 Å². The Morgan fingerprint density at radius 1 is 2.00 bits per heavy atom. The second-order valence-corrected chi connectivity index (χ2v) is 0.874. The predicted octanol–water partition coefficient (Wildman–Crippen LogP) is -0.137. The number of hydrogen-bond donors (Lipinski definition) is 2. The molecule has 0 amide bonds. The highest BCUT2D eigenvalue weighted by molar-refractivity contribution is 4.09. The maximum atomic E-state index is 9.80. The summed E-state index contributed by atoms with van der Waals surface area (Å²) < 4.78 is 0. The van der Waals surface area contributed by atoms with Crippen molar-refractivity contribution < 1.29 is 10.2 Å². The molecule has 0 fully saturated rings. The quantitative estimate of drug-likeness (QED) is 0.292. The van der Waals surface area contributed by atoms with Crippen LogP contribution in [0.2, 0.25) is 0 Å². The molecule has 7 heavy (non-hydrogen) atoms. The molecule has 0 saturated carbocycles. The van der Waals surface area contributed by atoms with Gasteiger partial charge in [0, 0.05) is 0 Å². The Hall–Kier alpha value is -1.00. The summed E-state index contributed by atoms with van der Waals surface area (Å²) in [5.74, 6) is 0. The van der Waals surface area contributed by atoms with Gasteiger partial charge in [-0.3, -0.25) is 0 Å². The van der Waals surface area contributed by atoms with Crippen LogP contribution in [0.1, 0.15) is 6.92 Å². The van der Waals surface area contributed by atoms with E-state index in [9.17, 15) is 5.21 Å². The minimum Gasteiger partial charge on any atom is -0.569 e. The highest BCUT2D eigenvalue weighted by Gasteiger charge is 1.82. The zero-order valence-electron chi connectivity index (χ0n) is 3.96. The van der Waals surface area contributed by atoms with Crippen LogP contribution in [0.5, 0.6) is 0 Å². The Kier molecular flexibility index (Phi) is 2.74.